The molecule has 8 heavy (non-hydrogen) atoms. The number of hydrogen-bond donors (Lipinski definition) is 0. The molecule has 2 rings (SSSR count). The van der Waals surface area contributed by atoms with Crippen molar-refractivity contribution in [3.05, 3.63) is 5.92 Å². The first-order valence-electron chi connectivity index (χ1n) is 3.81. The van der Waals surface area contributed by atoms with E-state index in [9.17, 15) is 0 Å². The minimum atomic E-state index is 1.09. The van der Waals surface area contributed by atoms with E-state index in [1.807, 2.05) is 5.92 Å². The van der Waals surface area contributed by atoms with Crippen molar-refractivity contribution in [2.24, 2.45) is 5.92 Å². The molecule has 0 spiro atoms. The van der Waals surface area contributed by atoms with E-state index >= 15 is 0 Å². The van der Waals surface area contributed by atoms with E-state index in [0.29, 0.717) is 0 Å². The van der Waals surface area contributed by atoms with Crippen LogP contribution in [0.5, 0.6) is 0 Å². The number of hydrogen-bond acceptors (Lipinski definition) is 0. The van der Waals surface area contributed by atoms with Gasteiger partial charge in [-0.3, -0.25) is 0 Å². The molecule has 0 heterocycles. The highest BCUT2D eigenvalue weighted by molar-refractivity contribution is 5.10. The molecule has 1 radical (unpaired) electrons. The quantitative estimate of drug-likeness (QED) is 0.485. The summed E-state index contributed by atoms with van der Waals surface area (Å²) in [6, 6.07) is 0. The minimum absolute atomic E-state index is 1.09. The lowest BCUT2D eigenvalue weighted by Gasteiger charge is -2.02. The molecule has 0 N–H and O–H groups in total. The Hall–Kier alpha value is 0. The van der Waals surface area contributed by atoms with Crippen LogP contribution in [0.3, 0.4) is 0 Å². The van der Waals surface area contributed by atoms with Gasteiger partial charge in [0.25, 0.3) is 0 Å². The predicted molar refractivity (Wildman–Crippen MR) is 34.4 cm³/mol. The van der Waals surface area contributed by atoms with Crippen molar-refractivity contribution in [3.63, 3.8) is 0 Å². The van der Waals surface area contributed by atoms with Crippen molar-refractivity contribution < 1.29 is 0 Å². The third-order valence-corrected chi connectivity index (χ3v) is 2.47. The van der Waals surface area contributed by atoms with Crippen LogP contribution >= 0.6 is 0 Å². The highest BCUT2D eigenvalue weighted by Gasteiger charge is 2.32. The van der Waals surface area contributed by atoms with Crippen LogP contribution in [-0.4, -0.2) is 0 Å². The topological polar surface area (TPSA) is 0 Å². The van der Waals surface area contributed by atoms with E-state index in [2.05, 4.69) is 0 Å². The maximum absolute atomic E-state index is 1.89. The van der Waals surface area contributed by atoms with Gasteiger partial charge in [0.1, 0.15) is 0 Å². The van der Waals surface area contributed by atoms with Gasteiger partial charge in [0.15, 0.2) is 0 Å². The normalized spacial score (nSPS) is 31.5. The molecule has 0 amide bonds. The summed E-state index contributed by atoms with van der Waals surface area (Å²) < 4.78 is 0. The Morgan fingerprint density at radius 3 is 2.12 bits per heavy atom. The highest BCUT2D eigenvalue weighted by Crippen LogP contribution is 2.46. The summed E-state index contributed by atoms with van der Waals surface area (Å²) in [6.07, 6.45) is 9.02. The van der Waals surface area contributed by atoms with Gasteiger partial charge in [-0.25, -0.2) is 0 Å². The molecule has 0 aliphatic heterocycles. The summed E-state index contributed by atoms with van der Waals surface area (Å²) in [7, 11) is 0. The fourth-order valence-corrected chi connectivity index (χ4v) is 1.81. The second-order valence-electron chi connectivity index (χ2n) is 3.14. The van der Waals surface area contributed by atoms with Gasteiger partial charge in [-0.15, -0.1) is 0 Å². The van der Waals surface area contributed by atoms with Crippen LogP contribution in [-0.2, 0) is 0 Å². The van der Waals surface area contributed by atoms with Gasteiger partial charge < -0.3 is 0 Å². The molecule has 0 saturated heterocycles. The molecule has 0 nitrogen and oxygen atoms in total. The Labute approximate surface area is 51.3 Å². The van der Waals surface area contributed by atoms with Gasteiger partial charge in [-0.05, 0) is 37.5 Å². The van der Waals surface area contributed by atoms with Gasteiger partial charge in [0.05, 0.1) is 0 Å². The second-order valence-corrected chi connectivity index (χ2v) is 3.14. The van der Waals surface area contributed by atoms with Gasteiger partial charge in [0, 0.05) is 0 Å². The monoisotopic (exact) mass is 109 g/mol. The maximum atomic E-state index is 1.89. The molecule has 2 fully saturated rings. The van der Waals surface area contributed by atoms with Gasteiger partial charge in [0.2, 0.25) is 0 Å². The van der Waals surface area contributed by atoms with Crippen LogP contribution in [0, 0.1) is 11.8 Å². The minimum Gasteiger partial charge on any atom is -0.0530 e. The fraction of sp³-hybridized carbons (Fsp3) is 0.875. The summed E-state index contributed by atoms with van der Waals surface area (Å²) in [5.74, 6) is 2.98. The lowest BCUT2D eigenvalue weighted by atomic mass is 10.0. The Bertz CT molecular complexity index is 76.0. The lowest BCUT2D eigenvalue weighted by Crippen LogP contribution is -1.91. The van der Waals surface area contributed by atoms with E-state index in [0.717, 1.165) is 5.92 Å². The van der Waals surface area contributed by atoms with Crippen molar-refractivity contribution in [3.8, 4) is 0 Å². The van der Waals surface area contributed by atoms with Crippen LogP contribution in [0.2, 0.25) is 0 Å². The molecule has 2 saturated carbocycles. The Kier molecular flexibility index (Phi) is 1.06. The fourth-order valence-electron chi connectivity index (χ4n) is 1.81. The molecule has 0 bridgehead atoms. The zero-order chi connectivity index (χ0) is 5.40. The maximum Gasteiger partial charge on any atom is -0.0210 e. The molecule has 45 valence electrons. The highest BCUT2D eigenvalue weighted by atomic mass is 14.4. The summed E-state index contributed by atoms with van der Waals surface area (Å²) in [5, 5.41) is 0. The van der Waals surface area contributed by atoms with E-state index in [-0.39, 0.29) is 0 Å². The summed E-state index contributed by atoms with van der Waals surface area (Å²) >= 11 is 0. The first-order chi connectivity index (χ1) is 3.97. The molecule has 0 aromatic carbocycles. The van der Waals surface area contributed by atoms with Crippen molar-refractivity contribution in [1.82, 2.24) is 0 Å². The molecule has 0 heteroatoms. The predicted octanol–water partition coefficient (Wildman–Crippen LogP) is 2.54. The zero-order valence-electron chi connectivity index (χ0n) is 5.32. The van der Waals surface area contributed by atoms with Crippen LogP contribution in [0.25, 0.3) is 0 Å². The summed E-state index contributed by atoms with van der Waals surface area (Å²) in [5.41, 5.74) is 0. The van der Waals surface area contributed by atoms with Crippen LogP contribution in [0.1, 0.15) is 38.5 Å². The van der Waals surface area contributed by atoms with E-state index in [4.69, 9.17) is 0 Å². The van der Waals surface area contributed by atoms with Crippen molar-refractivity contribution >= 4 is 0 Å². The molecule has 0 atom stereocenters. The molecule has 2 aliphatic carbocycles. The summed E-state index contributed by atoms with van der Waals surface area (Å²) in [4.78, 5) is 0. The Morgan fingerprint density at radius 2 is 1.62 bits per heavy atom. The van der Waals surface area contributed by atoms with Crippen molar-refractivity contribution in [2.75, 3.05) is 0 Å². The zero-order valence-corrected chi connectivity index (χ0v) is 5.32. The smallest absolute Gasteiger partial charge is 0.0210 e. The van der Waals surface area contributed by atoms with Crippen molar-refractivity contribution in [1.29, 1.82) is 0 Å². The van der Waals surface area contributed by atoms with Crippen LogP contribution in [0.15, 0.2) is 0 Å². The average Bonchev–Trinajstić information content (AvgIpc) is 2.49. The van der Waals surface area contributed by atoms with Crippen molar-refractivity contribution in [2.45, 2.75) is 38.5 Å². The largest absolute Gasteiger partial charge is 0.0530 e. The molecular formula is C8H13. The standard InChI is InChI=1S/C8H13/c1-2-4-7(3-1)8-5-6-8/h7H,1-6H2. The SMILES string of the molecule is C1CCC([C]2CC2)C1. The second kappa shape index (κ2) is 1.75. The van der Waals surface area contributed by atoms with Gasteiger partial charge in [-0.1, -0.05) is 12.8 Å². The molecule has 0 unspecified atom stereocenters. The molecule has 0 aromatic heterocycles. The van der Waals surface area contributed by atoms with E-state index < -0.39 is 0 Å². The third kappa shape index (κ3) is 0.765. The van der Waals surface area contributed by atoms with Gasteiger partial charge >= 0.3 is 0 Å². The Morgan fingerprint density at radius 1 is 1.00 bits per heavy atom. The first-order valence-corrected chi connectivity index (χ1v) is 3.81. The molecule has 2 aliphatic rings. The number of rotatable bonds is 1. The summed E-state index contributed by atoms with van der Waals surface area (Å²) in [6.45, 7) is 0. The van der Waals surface area contributed by atoms with E-state index in [1.54, 1.807) is 0 Å². The van der Waals surface area contributed by atoms with Gasteiger partial charge in [-0.2, -0.15) is 0 Å². The van der Waals surface area contributed by atoms with Crippen LogP contribution < -0.4 is 0 Å². The molecular weight excluding hydrogens is 96.1 g/mol. The van der Waals surface area contributed by atoms with E-state index in [1.165, 1.54) is 38.5 Å². The average molecular weight is 109 g/mol. The lowest BCUT2D eigenvalue weighted by molar-refractivity contribution is 0.618. The molecule has 0 aromatic rings. The third-order valence-electron chi connectivity index (χ3n) is 2.47. The van der Waals surface area contributed by atoms with Crippen LogP contribution in [0.4, 0.5) is 0 Å². The first kappa shape index (κ1) is 4.84. The Balaban J connectivity index is 1.86.